The van der Waals surface area contributed by atoms with Crippen LogP contribution in [0.1, 0.15) is 16.1 Å². The van der Waals surface area contributed by atoms with E-state index in [2.05, 4.69) is 9.97 Å². The standard InChI is InChI=1S/C22H18FN3O3S/c1-28-18-8-5-7-16(20(18)29-2)21(27)26(13-15-6-3-4-11-24-15)22-25-17-10-9-14(23)12-19(17)30-22/h3-12H,13H2,1-2H3. The van der Waals surface area contributed by atoms with Crippen LogP contribution in [0.4, 0.5) is 9.52 Å². The molecule has 0 unspecified atom stereocenters. The Labute approximate surface area is 176 Å². The van der Waals surface area contributed by atoms with Crippen molar-refractivity contribution in [3.8, 4) is 11.5 Å². The van der Waals surface area contributed by atoms with E-state index in [1.54, 1.807) is 36.5 Å². The normalized spacial score (nSPS) is 10.8. The number of hydrogen-bond acceptors (Lipinski definition) is 6. The number of methoxy groups -OCH3 is 2. The van der Waals surface area contributed by atoms with Crippen molar-refractivity contribution < 1.29 is 18.7 Å². The van der Waals surface area contributed by atoms with Gasteiger partial charge in [-0.3, -0.25) is 14.7 Å². The maximum absolute atomic E-state index is 13.7. The molecule has 4 aromatic rings. The summed E-state index contributed by atoms with van der Waals surface area (Å²) in [4.78, 5) is 24.0. The highest BCUT2D eigenvalue weighted by molar-refractivity contribution is 7.22. The summed E-state index contributed by atoms with van der Waals surface area (Å²) in [6, 6.07) is 15.0. The monoisotopic (exact) mass is 423 g/mol. The molecule has 0 atom stereocenters. The lowest BCUT2D eigenvalue weighted by Gasteiger charge is -2.21. The van der Waals surface area contributed by atoms with E-state index in [4.69, 9.17) is 9.47 Å². The molecule has 0 saturated heterocycles. The van der Waals surface area contributed by atoms with Gasteiger partial charge in [0, 0.05) is 6.20 Å². The van der Waals surface area contributed by atoms with Gasteiger partial charge in [0.15, 0.2) is 16.6 Å². The van der Waals surface area contributed by atoms with Crippen molar-refractivity contribution in [1.29, 1.82) is 0 Å². The van der Waals surface area contributed by atoms with Crippen molar-refractivity contribution in [3.05, 3.63) is 77.9 Å². The number of anilines is 1. The highest BCUT2D eigenvalue weighted by Crippen LogP contribution is 2.35. The molecule has 0 saturated carbocycles. The summed E-state index contributed by atoms with van der Waals surface area (Å²) in [6.07, 6.45) is 1.66. The van der Waals surface area contributed by atoms with E-state index in [1.165, 1.54) is 42.6 Å². The van der Waals surface area contributed by atoms with Gasteiger partial charge in [0.25, 0.3) is 5.91 Å². The number of rotatable bonds is 6. The predicted octanol–water partition coefficient (Wildman–Crippen LogP) is 4.69. The van der Waals surface area contributed by atoms with Crippen molar-refractivity contribution in [2.75, 3.05) is 19.1 Å². The lowest BCUT2D eigenvalue weighted by Crippen LogP contribution is -2.31. The second-order valence-electron chi connectivity index (χ2n) is 6.36. The molecule has 0 aliphatic rings. The number of carbonyl (C=O) groups excluding carboxylic acids is 1. The van der Waals surface area contributed by atoms with E-state index >= 15 is 0 Å². The van der Waals surface area contributed by atoms with Gasteiger partial charge in [-0.1, -0.05) is 23.5 Å². The fraction of sp³-hybridized carbons (Fsp3) is 0.136. The zero-order valence-corrected chi connectivity index (χ0v) is 17.1. The average Bonchev–Trinajstić information content (AvgIpc) is 3.19. The van der Waals surface area contributed by atoms with Gasteiger partial charge in [-0.25, -0.2) is 9.37 Å². The Balaban J connectivity index is 1.81. The van der Waals surface area contributed by atoms with Gasteiger partial charge in [-0.2, -0.15) is 0 Å². The van der Waals surface area contributed by atoms with Gasteiger partial charge < -0.3 is 9.47 Å². The van der Waals surface area contributed by atoms with Crippen LogP contribution in [0, 0.1) is 5.82 Å². The Morgan fingerprint density at radius 2 is 1.97 bits per heavy atom. The zero-order chi connectivity index (χ0) is 21.1. The van der Waals surface area contributed by atoms with Crippen LogP contribution in [0.3, 0.4) is 0 Å². The number of ether oxygens (including phenoxy) is 2. The SMILES string of the molecule is COc1cccc(C(=O)N(Cc2ccccn2)c2nc3ccc(F)cc3s2)c1OC. The van der Waals surface area contributed by atoms with Crippen molar-refractivity contribution in [2.24, 2.45) is 0 Å². The Kier molecular flexibility index (Phi) is 5.58. The Morgan fingerprint density at radius 3 is 2.70 bits per heavy atom. The minimum absolute atomic E-state index is 0.197. The molecular weight excluding hydrogens is 405 g/mol. The highest BCUT2D eigenvalue weighted by atomic mass is 32.1. The summed E-state index contributed by atoms with van der Waals surface area (Å²) in [7, 11) is 3.00. The van der Waals surface area contributed by atoms with Crippen LogP contribution in [0.25, 0.3) is 10.2 Å². The largest absolute Gasteiger partial charge is 0.493 e. The van der Waals surface area contributed by atoms with E-state index in [-0.39, 0.29) is 18.3 Å². The van der Waals surface area contributed by atoms with Gasteiger partial charge in [0.2, 0.25) is 0 Å². The van der Waals surface area contributed by atoms with E-state index in [9.17, 15) is 9.18 Å². The van der Waals surface area contributed by atoms with Crippen LogP contribution in [-0.4, -0.2) is 30.1 Å². The summed E-state index contributed by atoms with van der Waals surface area (Å²) in [5, 5.41) is 0.441. The molecular formula is C22H18FN3O3S. The van der Waals surface area contributed by atoms with Crippen molar-refractivity contribution in [1.82, 2.24) is 9.97 Å². The molecule has 0 spiro atoms. The lowest BCUT2D eigenvalue weighted by molar-refractivity contribution is 0.0981. The molecule has 0 bridgehead atoms. The number of para-hydroxylation sites is 1. The fourth-order valence-corrected chi connectivity index (χ4v) is 4.07. The quantitative estimate of drug-likeness (QED) is 0.450. The van der Waals surface area contributed by atoms with Gasteiger partial charge in [-0.05, 0) is 42.5 Å². The lowest BCUT2D eigenvalue weighted by atomic mass is 10.1. The van der Waals surface area contributed by atoms with E-state index in [1.807, 2.05) is 12.1 Å². The summed E-state index contributed by atoms with van der Waals surface area (Å²) >= 11 is 1.24. The average molecular weight is 423 g/mol. The number of fused-ring (bicyclic) bond motifs is 1. The third-order valence-corrected chi connectivity index (χ3v) is 5.54. The van der Waals surface area contributed by atoms with Crippen molar-refractivity contribution >= 4 is 32.6 Å². The first-order valence-electron chi connectivity index (χ1n) is 9.09. The molecule has 4 rings (SSSR count). The molecule has 8 heteroatoms. The van der Waals surface area contributed by atoms with E-state index < -0.39 is 0 Å². The van der Waals surface area contributed by atoms with Gasteiger partial charge in [0.05, 0.1) is 42.2 Å². The second kappa shape index (κ2) is 8.46. The van der Waals surface area contributed by atoms with Crippen molar-refractivity contribution in [3.63, 3.8) is 0 Å². The number of hydrogen-bond donors (Lipinski definition) is 0. The molecule has 6 nitrogen and oxygen atoms in total. The highest BCUT2D eigenvalue weighted by Gasteiger charge is 2.26. The number of aromatic nitrogens is 2. The first-order valence-corrected chi connectivity index (χ1v) is 9.91. The van der Waals surface area contributed by atoms with Crippen LogP contribution in [0.2, 0.25) is 0 Å². The topological polar surface area (TPSA) is 64.5 Å². The van der Waals surface area contributed by atoms with Gasteiger partial charge in [0.1, 0.15) is 5.82 Å². The van der Waals surface area contributed by atoms with Gasteiger partial charge in [-0.15, -0.1) is 0 Å². The van der Waals surface area contributed by atoms with Crippen LogP contribution in [0.15, 0.2) is 60.8 Å². The summed E-state index contributed by atoms with van der Waals surface area (Å²) < 4.78 is 25.1. The van der Waals surface area contributed by atoms with Crippen LogP contribution in [0.5, 0.6) is 11.5 Å². The maximum atomic E-state index is 13.7. The Bertz CT molecular complexity index is 1200. The predicted molar refractivity (Wildman–Crippen MR) is 114 cm³/mol. The second-order valence-corrected chi connectivity index (χ2v) is 7.37. The number of halogens is 1. The number of amides is 1. The van der Waals surface area contributed by atoms with Gasteiger partial charge >= 0.3 is 0 Å². The maximum Gasteiger partial charge on any atom is 0.264 e. The number of benzene rings is 2. The molecule has 2 aromatic heterocycles. The van der Waals surface area contributed by atoms with Crippen molar-refractivity contribution in [2.45, 2.75) is 6.54 Å². The minimum atomic E-state index is -0.352. The summed E-state index contributed by atoms with van der Waals surface area (Å²) in [5.41, 5.74) is 1.64. The van der Waals surface area contributed by atoms with Crippen LogP contribution < -0.4 is 14.4 Å². The molecule has 2 aromatic carbocycles. The van der Waals surface area contributed by atoms with Crippen LogP contribution in [-0.2, 0) is 6.54 Å². The first kappa shape index (κ1) is 19.8. The zero-order valence-electron chi connectivity index (χ0n) is 16.3. The summed E-state index contributed by atoms with van der Waals surface area (Å²) in [6.45, 7) is 0.197. The number of pyridine rings is 1. The fourth-order valence-electron chi connectivity index (χ4n) is 3.08. The molecule has 2 heterocycles. The molecule has 0 fully saturated rings. The smallest absolute Gasteiger partial charge is 0.264 e. The molecule has 1 amide bonds. The number of thiazole rings is 1. The first-order chi connectivity index (χ1) is 14.6. The molecule has 152 valence electrons. The number of nitrogens with zero attached hydrogens (tertiary/aromatic N) is 3. The molecule has 0 aliphatic heterocycles. The number of carbonyl (C=O) groups is 1. The molecule has 30 heavy (non-hydrogen) atoms. The Hall–Kier alpha value is -3.52. The summed E-state index contributed by atoms with van der Waals surface area (Å²) in [5.74, 6) is 0.112. The van der Waals surface area contributed by atoms with Crippen LogP contribution >= 0.6 is 11.3 Å². The third-order valence-electron chi connectivity index (χ3n) is 4.49. The molecule has 0 N–H and O–H groups in total. The molecule has 0 radical (unpaired) electrons. The van der Waals surface area contributed by atoms with E-state index in [0.717, 1.165) is 0 Å². The Morgan fingerprint density at radius 1 is 1.10 bits per heavy atom. The third kappa shape index (κ3) is 3.81. The molecule has 0 aliphatic carbocycles. The minimum Gasteiger partial charge on any atom is -0.493 e. The van der Waals surface area contributed by atoms with E-state index in [0.29, 0.717) is 38.1 Å².